The van der Waals surface area contributed by atoms with Crippen LogP contribution >= 0.6 is 0 Å². The number of hydrogen-bond acceptors (Lipinski definition) is 36. The molecule has 0 spiro atoms. The summed E-state index contributed by atoms with van der Waals surface area (Å²) in [5.74, 6) is -6.50. The van der Waals surface area contributed by atoms with Gasteiger partial charge in [0, 0.05) is 131 Å². The van der Waals surface area contributed by atoms with Crippen LogP contribution in [-0.2, 0) is 218 Å². The zero-order valence-corrected chi connectivity index (χ0v) is 64.4. The van der Waals surface area contributed by atoms with Crippen LogP contribution in [0.2, 0.25) is 0 Å². The third kappa shape index (κ3) is 168. The summed E-state index contributed by atoms with van der Waals surface area (Å²) in [5.41, 5.74) is 4.83. The van der Waals surface area contributed by atoms with Crippen molar-refractivity contribution in [3.63, 3.8) is 0 Å². The number of nitrogens with zero attached hydrogens (tertiary/aromatic N) is 8. The largest absolute Gasteiger partial charge is 2.00 e. The first-order valence-corrected chi connectivity index (χ1v) is 28.5. The van der Waals surface area contributed by atoms with E-state index in [0.717, 1.165) is 41.5 Å². The van der Waals surface area contributed by atoms with E-state index < -0.39 is 56.3 Å². The van der Waals surface area contributed by atoms with E-state index in [1.807, 2.05) is 0 Å². The predicted octanol–water partition coefficient (Wildman–Crippen LogP) is -17.5. The van der Waals surface area contributed by atoms with Crippen molar-refractivity contribution in [3.8, 4) is 0 Å². The molecule has 0 N–H and O–H groups in total. The van der Waals surface area contributed by atoms with Gasteiger partial charge in [-0.15, -0.1) is 20.5 Å². The van der Waals surface area contributed by atoms with E-state index in [4.69, 9.17) is 96.7 Å². The molecule has 46 heteroatoms. The van der Waals surface area contributed by atoms with Crippen molar-refractivity contribution in [2.24, 2.45) is 0 Å². The van der Waals surface area contributed by atoms with E-state index in [1.165, 1.54) is 0 Å². The fraction of sp³-hybridized carbons (Fsp3) is 0.233. The zero-order chi connectivity index (χ0) is 77.0. The number of rotatable bonds is 8. The van der Waals surface area contributed by atoms with Crippen LogP contribution in [0.1, 0.15) is 87.1 Å². The molecule has 0 aliphatic rings. The fourth-order valence-corrected chi connectivity index (χ4v) is 3.87. The average Bonchev–Trinajstić information content (AvgIpc) is 1.06. The molecule has 0 aromatic carbocycles. The Labute approximate surface area is 699 Å². The van der Waals surface area contributed by atoms with Crippen LogP contribution in [0.5, 0.6) is 0 Å². The minimum absolute atomic E-state index is 0. The number of hydrogen-bond donors (Lipinski definition) is 0. The van der Waals surface area contributed by atoms with Crippen LogP contribution in [-0.4, -0.2) is 75.7 Å². The van der Waals surface area contributed by atoms with E-state index in [9.17, 15) is 40.9 Å². The van der Waals surface area contributed by atoms with Crippen molar-refractivity contribution >= 4 is 35.8 Å². The van der Waals surface area contributed by atoms with Crippen molar-refractivity contribution in [3.05, 3.63) is 241 Å². The zero-order valence-electron chi connectivity index (χ0n) is 55.3. The monoisotopic (exact) mass is 1920 g/mol. The van der Waals surface area contributed by atoms with E-state index in [0.29, 0.717) is 45.6 Å². The van der Waals surface area contributed by atoms with Crippen LogP contribution in [0.15, 0.2) is 195 Å². The van der Waals surface area contributed by atoms with Crippen LogP contribution in [0.25, 0.3) is 0 Å². The second-order valence-corrected chi connectivity index (χ2v) is 16.9. The Morgan fingerprint density at radius 3 is 0.311 bits per heavy atom. The van der Waals surface area contributed by atoms with Gasteiger partial charge in [0.2, 0.25) is 0 Å². The molecule has 0 saturated carbocycles. The number of carbonyl (C=O) groups excluding carboxylic acids is 6. The van der Waals surface area contributed by atoms with E-state index >= 15 is 0 Å². The molecule has 106 heavy (non-hydrogen) atoms. The van der Waals surface area contributed by atoms with Crippen LogP contribution < -0.4 is 109 Å². The van der Waals surface area contributed by atoms with Crippen molar-refractivity contribution in [2.45, 2.75) is 94.4 Å². The molecular formula is C60H66Cl2Cu8N8O28. The Kier molecular flexibility index (Phi) is 135. The smallest absolute Gasteiger partial charge is 0.850 e. The summed E-state index contributed by atoms with van der Waals surface area (Å²) in [6.45, 7) is 4.06. The topological polar surface area (TPSA) is 713 Å². The minimum atomic E-state index is -4.94. The normalized spacial score (nSPS) is 8.06. The van der Waals surface area contributed by atoms with Crippen LogP contribution in [0, 0.1) is 20.5 Å². The molecule has 36 nitrogen and oxygen atoms in total. The molecule has 0 bridgehead atoms. The summed E-state index contributed by atoms with van der Waals surface area (Å²) >= 11 is 0. The van der Waals surface area contributed by atoms with E-state index in [2.05, 4.69) is 39.9 Å². The number of pyridine rings is 8. The van der Waals surface area contributed by atoms with Crippen LogP contribution in [0.4, 0.5) is 0 Å². The maximum absolute atomic E-state index is 10.1. The maximum atomic E-state index is 10.1. The van der Waals surface area contributed by atoms with Gasteiger partial charge in [0.1, 0.15) is 0 Å². The first kappa shape index (κ1) is 139. The van der Waals surface area contributed by atoms with Gasteiger partial charge in [0.25, 0.3) is 0 Å². The fourth-order valence-electron chi connectivity index (χ4n) is 3.87. The van der Waals surface area contributed by atoms with Crippen molar-refractivity contribution < 1.29 is 295 Å². The first-order chi connectivity index (χ1) is 45.8. The van der Waals surface area contributed by atoms with E-state index in [1.54, 1.807) is 195 Å². The minimum Gasteiger partial charge on any atom is -0.850 e. The van der Waals surface area contributed by atoms with Gasteiger partial charge in [-0.05, 0) is 139 Å². The Morgan fingerprint density at radius 1 is 0.217 bits per heavy atom. The molecule has 0 saturated heterocycles. The van der Waals surface area contributed by atoms with Gasteiger partial charge in [0.05, 0.1) is 0 Å². The molecule has 8 radical (unpaired) electrons. The summed E-state index contributed by atoms with van der Waals surface area (Å²) in [6, 6.07) is 42.5. The number of carboxylic acid groups (broad SMARTS) is 6. The van der Waals surface area contributed by atoms with Gasteiger partial charge in [-0.1, -0.05) is 101 Å². The molecule has 8 heterocycles. The quantitative estimate of drug-likeness (QED) is 0.127. The number of halogens is 2. The summed E-state index contributed by atoms with van der Waals surface area (Å²) in [5, 5.41) is 134. The summed E-state index contributed by atoms with van der Waals surface area (Å²) in [6.07, 6.45) is 12.9. The van der Waals surface area contributed by atoms with Crippen molar-refractivity contribution in [1.29, 1.82) is 0 Å². The van der Waals surface area contributed by atoms with Crippen molar-refractivity contribution in [1.82, 2.24) is 39.9 Å². The molecule has 8 aromatic heterocycles. The Balaban J connectivity index is -0.0000000584. The Morgan fingerprint density at radius 2 is 0.283 bits per heavy atom. The number of aromatic nitrogens is 8. The molecular weight excluding hydrogens is 1860 g/mol. The molecule has 0 aliphatic carbocycles. The standard InChI is InChI=1S/8C6H6NO.6C2H4O2.2ClHO4.8Cu/c8*8-5-6-3-1-2-4-7-6;6*1-2(3)4;2*2-1(3,4)5;;;;;;;;/h8*1-4H,5H2;6*1H3,(H,3,4);2*(H,2,3,4,5);;;;;;;;/q8*-1;;;;;;;;;8*+2/p-8. The Bertz CT molecular complexity index is 2450. The number of carbonyl (C=O) groups is 6. The number of carboxylic acids is 6. The Hall–Kier alpha value is -5.88. The molecule has 8 rings (SSSR count). The molecule has 8 aromatic rings. The molecule has 616 valence electrons. The van der Waals surface area contributed by atoms with E-state index in [-0.39, 0.29) is 189 Å². The second kappa shape index (κ2) is 103. The van der Waals surface area contributed by atoms with Crippen molar-refractivity contribution in [2.75, 3.05) is 0 Å². The van der Waals surface area contributed by atoms with Crippen LogP contribution in [0.3, 0.4) is 0 Å². The number of aliphatic carboxylic acids is 6. The summed E-state index contributed by atoms with van der Waals surface area (Å²) in [7, 11) is -9.89. The molecule has 0 fully saturated rings. The first-order valence-electron chi connectivity index (χ1n) is 26.0. The van der Waals surface area contributed by atoms with Gasteiger partial charge in [-0.3, -0.25) is 39.9 Å². The van der Waals surface area contributed by atoms with Gasteiger partial charge in [0.15, 0.2) is 0 Å². The maximum Gasteiger partial charge on any atom is 2.00 e. The summed E-state index contributed by atoms with van der Waals surface area (Å²) < 4.78 is 67.9. The predicted molar refractivity (Wildman–Crippen MR) is 288 cm³/mol. The van der Waals surface area contributed by atoms with Gasteiger partial charge >= 0.3 is 137 Å². The second-order valence-electron chi connectivity index (χ2n) is 15.4. The van der Waals surface area contributed by atoms with Gasteiger partial charge in [-0.2, -0.15) is 0 Å². The average molecular weight is 1930 g/mol. The SMILES string of the molecule is CC(=O)[O-].CC(=O)[O-].CC(=O)[O-].CC(=O)[O-].CC(=O)[O-].CC(=O)[O-].[Cu+2].[Cu+2].[Cu+2].[Cu+2].[Cu+2].[Cu+2].[Cu+2].[Cu+2].[O-]Cc1ccccn1.[O-]Cc1ccccn1.[O-]Cc1ccccn1.[O-]Cc1ccccn1.[O-]Cc1ccccn1.[O-]Cc1ccccn1.[O-]Cc1ccccn1.[O-]Cc1ccccn1.[O-][Cl+3]([O-])([O-])[O-].[O-][Cl+3]([O-])([O-])[O-]. The van der Waals surface area contributed by atoms with Gasteiger partial charge in [-0.25, -0.2) is 37.3 Å². The third-order valence-corrected chi connectivity index (χ3v) is 6.99. The van der Waals surface area contributed by atoms with Gasteiger partial charge < -0.3 is 100 Å². The molecule has 0 amide bonds. The molecule has 0 atom stereocenters. The molecule has 0 unspecified atom stereocenters. The third-order valence-electron chi connectivity index (χ3n) is 6.99. The summed E-state index contributed by atoms with van der Waals surface area (Å²) in [4.78, 5) is 83.6. The molecule has 0 aliphatic heterocycles.